The van der Waals surface area contributed by atoms with Crippen LogP contribution in [0.5, 0.6) is 0 Å². The normalized spacial score (nSPS) is 3.43. The second-order valence-electron chi connectivity index (χ2n) is 0.250. The van der Waals surface area contributed by atoms with E-state index in [1.165, 1.54) is 0 Å². The van der Waals surface area contributed by atoms with E-state index in [-0.39, 0.29) is 64.6 Å². The van der Waals surface area contributed by atoms with Crippen LogP contribution in [0.25, 0.3) is 0 Å². The van der Waals surface area contributed by atoms with Crippen molar-refractivity contribution in [2.45, 2.75) is 0 Å². The molecule has 32 valence electrons. The van der Waals surface area contributed by atoms with E-state index >= 15 is 0 Å². The fourth-order valence-electron chi connectivity index (χ4n) is 0. The molecule has 0 heterocycles. The first kappa shape index (κ1) is 23.5. The summed E-state index contributed by atoms with van der Waals surface area (Å²) in [6.07, 6.45) is 0. The maximum absolute atomic E-state index is 8.52. The fraction of sp³-hybridized carbons (Fsp3) is 0. The van der Waals surface area contributed by atoms with Crippen LogP contribution >= 0.6 is 0 Å². The number of hydrogen-bond acceptors (Lipinski definition) is 4. The predicted molar refractivity (Wildman–Crippen MR) is 8.38 cm³/mol. The van der Waals surface area contributed by atoms with Crippen molar-refractivity contribution in [1.29, 1.82) is 0 Å². The molecule has 0 spiro atoms. The number of hydrogen-bond donors (Lipinski definition) is 0. The fourth-order valence-corrected chi connectivity index (χ4v) is 0. The van der Waals surface area contributed by atoms with Crippen LogP contribution in [0.4, 0.5) is 0 Å². The maximum atomic E-state index is 8.52. The molecule has 4 nitrogen and oxygen atoms in total. The summed E-state index contributed by atoms with van der Waals surface area (Å²) in [5, 5.41) is 0. The standard InChI is InChI=1S/2Na.O3Si.H2O/c;;1-4(2)3;/h;;;1H2/q2*+1;-2;/p-1. The maximum Gasteiger partial charge on any atom is 1.00 e. The zero-order chi connectivity index (χ0) is 3.58. The van der Waals surface area contributed by atoms with Gasteiger partial charge in [-0.2, -0.15) is 0 Å². The van der Waals surface area contributed by atoms with Gasteiger partial charge in [0.15, 0.2) is 0 Å². The van der Waals surface area contributed by atoms with Crippen molar-refractivity contribution < 1.29 is 78.6 Å². The molecule has 0 fully saturated rings. The molecule has 0 bridgehead atoms. The summed E-state index contributed by atoms with van der Waals surface area (Å²) >= 11 is 0. The zero-order valence-electron chi connectivity index (χ0n) is 4.17. The molecule has 0 unspecified atom stereocenters. The van der Waals surface area contributed by atoms with E-state index in [0.717, 1.165) is 0 Å². The summed E-state index contributed by atoms with van der Waals surface area (Å²) in [4.78, 5) is 17.0. The van der Waals surface area contributed by atoms with Crippen LogP contribution in [0.3, 0.4) is 0 Å². The molecule has 7 heavy (non-hydrogen) atoms. The molecular formula is HNa2O4Si-. The minimum absolute atomic E-state index is 0. The molecule has 0 saturated carbocycles. The summed E-state index contributed by atoms with van der Waals surface area (Å²) in [5.74, 6) is 0. The summed E-state index contributed by atoms with van der Waals surface area (Å²) in [5.41, 5.74) is 0. The van der Waals surface area contributed by atoms with Gasteiger partial charge in [-0.1, -0.05) is 0 Å². The molecule has 0 amide bonds. The molecule has 1 N–H and O–H groups in total. The van der Waals surface area contributed by atoms with Gasteiger partial charge >= 0.3 is 59.1 Å². The third-order valence-electron chi connectivity index (χ3n) is 0. The van der Waals surface area contributed by atoms with Crippen molar-refractivity contribution in [3.8, 4) is 0 Å². The molecular weight excluding hydrogens is 138 g/mol. The van der Waals surface area contributed by atoms with Crippen LogP contribution < -0.4 is 68.7 Å². The van der Waals surface area contributed by atoms with Gasteiger partial charge in [-0.25, -0.2) is 0 Å². The third-order valence-corrected chi connectivity index (χ3v) is 0. The molecule has 0 radical (unpaired) electrons. The van der Waals surface area contributed by atoms with Crippen LogP contribution in [0.2, 0.25) is 0 Å². The van der Waals surface area contributed by atoms with Gasteiger partial charge in [-0.3, -0.25) is 0 Å². The van der Waals surface area contributed by atoms with Crippen LogP contribution in [0, 0.1) is 0 Å². The molecule has 0 rings (SSSR count). The Kier molecular flexibility index (Phi) is 52.5. The Labute approximate surface area is 86.7 Å². The van der Waals surface area contributed by atoms with Gasteiger partial charge < -0.3 is 19.5 Å². The van der Waals surface area contributed by atoms with Gasteiger partial charge in [0, 0.05) is 9.17 Å². The molecule has 0 aromatic heterocycles. The molecule has 7 heteroatoms. The molecule has 0 aliphatic heterocycles. The molecule has 0 aliphatic rings. The van der Waals surface area contributed by atoms with Crippen LogP contribution in [0.1, 0.15) is 0 Å². The summed E-state index contributed by atoms with van der Waals surface area (Å²) in [6.45, 7) is 0. The van der Waals surface area contributed by atoms with Crippen molar-refractivity contribution in [3.63, 3.8) is 0 Å². The number of rotatable bonds is 0. The summed E-state index contributed by atoms with van der Waals surface area (Å²) in [6, 6.07) is 0. The monoisotopic (exact) mass is 139 g/mol. The van der Waals surface area contributed by atoms with Crippen LogP contribution in [-0.4, -0.2) is 14.6 Å². The Morgan fingerprint density at radius 3 is 1.14 bits per heavy atom. The summed E-state index contributed by atoms with van der Waals surface area (Å²) in [7, 11) is -3.63. The second kappa shape index (κ2) is 15.6. The minimum Gasteiger partial charge on any atom is -0.870 e. The Morgan fingerprint density at radius 2 is 1.14 bits per heavy atom. The van der Waals surface area contributed by atoms with Gasteiger partial charge in [0.25, 0.3) is 0 Å². The quantitative estimate of drug-likeness (QED) is 0.311. The Hall–Kier alpha value is 1.58. The van der Waals surface area contributed by atoms with Gasteiger partial charge in [-0.15, -0.1) is 0 Å². The van der Waals surface area contributed by atoms with Gasteiger partial charge in [0.05, 0.1) is 0 Å². The van der Waals surface area contributed by atoms with E-state index in [1.807, 2.05) is 0 Å². The molecule has 0 aromatic carbocycles. The van der Waals surface area contributed by atoms with Crippen molar-refractivity contribution in [3.05, 3.63) is 0 Å². The van der Waals surface area contributed by atoms with Crippen molar-refractivity contribution in [2.24, 2.45) is 0 Å². The van der Waals surface area contributed by atoms with E-state index in [4.69, 9.17) is 14.1 Å². The minimum atomic E-state index is -3.63. The smallest absolute Gasteiger partial charge is 0.870 e. The first-order valence-corrected chi connectivity index (χ1v) is 1.84. The first-order valence-electron chi connectivity index (χ1n) is 0.612. The van der Waals surface area contributed by atoms with E-state index in [1.54, 1.807) is 0 Å². The van der Waals surface area contributed by atoms with E-state index in [0.29, 0.717) is 0 Å². The third kappa shape index (κ3) is 94.8. The zero-order valence-corrected chi connectivity index (χ0v) is 9.17. The first-order chi connectivity index (χ1) is 1.73. The Balaban J connectivity index is -0.0000000150. The van der Waals surface area contributed by atoms with E-state index in [9.17, 15) is 0 Å². The Bertz CT molecular complexity index is 32.7. The van der Waals surface area contributed by atoms with Gasteiger partial charge in [0.1, 0.15) is 0 Å². The van der Waals surface area contributed by atoms with Crippen molar-refractivity contribution in [1.82, 2.24) is 0 Å². The van der Waals surface area contributed by atoms with E-state index in [2.05, 4.69) is 0 Å². The van der Waals surface area contributed by atoms with E-state index < -0.39 is 9.17 Å². The predicted octanol–water partition coefficient (Wildman–Crippen LogP) is -9.05. The largest absolute Gasteiger partial charge is 1.00 e. The van der Waals surface area contributed by atoms with Crippen molar-refractivity contribution >= 4 is 9.17 Å². The Morgan fingerprint density at radius 1 is 1.14 bits per heavy atom. The van der Waals surface area contributed by atoms with Gasteiger partial charge in [0.2, 0.25) is 0 Å². The van der Waals surface area contributed by atoms with Crippen LogP contribution in [0.15, 0.2) is 0 Å². The second-order valence-corrected chi connectivity index (χ2v) is 0.750. The average Bonchev–Trinajstić information content (AvgIpc) is 0.811. The topological polar surface area (TPSA) is 93.2 Å². The molecule has 0 aliphatic carbocycles. The van der Waals surface area contributed by atoms with Gasteiger partial charge in [-0.05, 0) is 0 Å². The van der Waals surface area contributed by atoms with Crippen molar-refractivity contribution in [2.75, 3.05) is 0 Å². The molecule has 0 atom stereocenters. The molecule has 0 saturated heterocycles. The van der Waals surface area contributed by atoms with Crippen LogP contribution in [-0.2, 0) is 4.46 Å². The average molecular weight is 139 g/mol. The molecule has 0 aromatic rings. The summed E-state index contributed by atoms with van der Waals surface area (Å²) < 4.78 is 8.52. The SMILES string of the molecule is O=[Si]([O-])[O-].[Na+].[Na+].[OH-].